The summed E-state index contributed by atoms with van der Waals surface area (Å²) in [5, 5.41) is 8.91. The van der Waals surface area contributed by atoms with Gasteiger partial charge in [-0.1, -0.05) is 17.7 Å². The van der Waals surface area contributed by atoms with Crippen LogP contribution in [0, 0.1) is 17.1 Å². The van der Waals surface area contributed by atoms with E-state index in [2.05, 4.69) is 4.74 Å². The summed E-state index contributed by atoms with van der Waals surface area (Å²) in [4.78, 5) is 11.3. The van der Waals surface area contributed by atoms with E-state index in [9.17, 15) is 9.18 Å². The highest BCUT2D eigenvalue weighted by atomic mass is 35.5. The number of carbonyl (C=O) groups is 1. The van der Waals surface area contributed by atoms with Crippen molar-refractivity contribution in [3.63, 3.8) is 0 Å². The molecule has 5 heteroatoms. The summed E-state index contributed by atoms with van der Waals surface area (Å²) in [6.07, 6.45) is 1.08. The maximum absolute atomic E-state index is 13.4. The van der Waals surface area contributed by atoms with E-state index in [0.717, 1.165) is 6.08 Å². The van der Waals surface area contributed by atoms with Crippen molar-refractivity contribution in [1.29, 1.82) is 5.26 Å². The van der Waals surface area contributed by atoms with Gasteiger partial charge in [-0.25, -0.2) is 9.18 Å². The molecule has 0 atom stereocenters. The maximum Gasteiger partial charge on any atom is 0.348 e. The first-order valence-corrected chi connectivity index (χ1v) is 5.20. The molecule has 0 heterocycles. The van der Waals surface area contributed by atoms with Crippen LogP contribution in [0.1, 0.15) is 12.5 Å². The number of rotatable bonds is 3. The fourth-order valence-electron chi connectivity index (χ4n) is 1.14. The van der Waals surface area contributed by atoms with Gasteiger partial charge in [-0.15, -0.1) is 0 Å². The van der Waals surface area contributed by atoms with Crippen LogP contribution in [0.2, 0.25) is 5.02 Å². The number of ether oxygens (including phenoxy) is 1. The van der Waals surface area contributed by atoms with Crippen molar-refractivity contribution < 1.29 is 13.9 Å². The van der Waals surface area contributed by atoms with Gasteiger partial charge in [-0.3, -0.25) is 0 Å². The molecule has 0 unspecified atom stereocenters. The Bertz CT molecular complexity index is 485. The number of hydrogen-bond donors (Lipinski definition) is 0. The molecular formula is C12H9ClFNO2. The van der Waals surface area contributed by atoms with Gasteiger partial charge in [0.15, 0.2) is 0 Å². The molecule has 0 spiro atoms. The lowest BCUT2D eigenvalue weighted by Gasteiger charge is -2.02. The number of nitriles is 1. The Labute approximate surface area is 103 Å². The smallest absolute Gasteiger partial charge is 0.348 e. The van der Waals surface area contributed by atoms with Gasteiger partial charge < -0.3 is 4.74 Å². The monoisotopic (exact) mass is 253 g/mol. The summed E-state index contributed by atoms with van der Waals surface area (Å²) in [7, 11) is 0. The molecule has 0 bridgehead atoms. The van der Waals surface area contributed by atoms with Crippen molar-refractivity contribution in [2.75, 3.05) is 6.61 Å². The molecule has 0 saturated heterocycles. The van der Waals surface area contributed by atoms with Crippen LogP contribution in [0.15, 0.2) is 23.8 Å². The van der Waals surface area contributed by atoms with Crippen molar-refractivity contribution in [3.8, 4) is 6.07 Å². The Morgan fingerprint density at radius 1 is 1.65 bits per heavy atom. The molecule has 0 aromatic heterocycles. The second-order valence-electron chi connectivity index (χ2n) is 3.03. The fraction of sp³-hybridized carbons (Fsp3) is 0.167. The van der Waals surface area contributed by atoms with Crippen molar-refractivity contribution in [2.45, 2.75) is 6.92 Å². The van der Waals surface area contributed by atoms with E-state index in [-0.39, 0.29) is 22.8 Å². The van der Waals surface area contributed by atoms with E-state index < -0.39 is 11.8 Å². The van der Waals surface area contributed by atoms with Crippen LogP contribution in [0.25, 0.3) is 6.08 Å². The highest BCUT2D eigenvalue weighted by molar-refractivity contribution is 6.32. The average Bonchev–Trinajstić information content (AvgIpc) is 2.29. The summed E-state index contributed by atoms with van der Waals surface area (Å²) < 4.78 is 18.1. The zero-order chi connectivity index (χ0) is 12.8. The van der Waals surface area contributed by atoms with E-state index in [1.165, 1.54) is 18.2 Å². The number of carbonyl (C=O) groups excluding carboxylic acids is 1. The van der Waals surface area contributed by atoms with Crippen LogP contribution in [0.3, 0.4) is 0 Å². The number of halogens is 2. The molecule has 0 radical (unpaired) electrons. The number of nitrogens with zero attached hydrogens (tertiary/aromatic N) is 1. The van der Waals surface area contributed by atoms with Crippen LogP contribution in [-0.2, 0) is 9.53 Å². The third-order valence-electron chi connectivity index (χ3n) is 1.90. The summed E-state index contributed by atoms with van der Waals surface area (Å²) in [5.74, 6) is -1.40. The quantitative estimate of drug-likeness (QED) is 0.473. The first kappa shape index (κ1) is 13.2. The molecule has 0 amide bonds. The molecule has 0 N–H and O–H groups in total. The van der Waals surface area contributed by atoms with Gasteiger partial charge in [0.05, 0.1) is 11.6 Å². The van der Waals surface area contributed by atoms with Crippen molar-refractivity contribution >= 4 is 23.6 Å². The van der Waals surface area contributed by atoms with Crippen LogP contribution < -0.4 is 0 Å². The zero-order valence-corrected chi connectivity index (χ0v) is 9.79. The van der Waals surface area contributed by atoms with Gasteiger partial charge in [-0.05, 0) is 25.1 Å². The average molecular weight is 254 g/mol. The van der Waals surface area contributed by atoms with Crippen LogP contribution in [0.5, 0.6) is 0 Å². The second kappa shape index (κ2) is 6.02. The SMILES string of the molecule is CCOC(=O)C(C#N)=Cc1c(F)cccc1Cl. The number of esters is 1. The van der Waals surface area contributed by atoms with E-state index in [1.54, 1.807) is 13.0 Å². The molecule has 1 aromatic carbocycles. The Morgan fingerprint density at radius 3 is 2.88 bits per heavy atom. The first-order chi connectivity index (χ1) is 8.10. The van der Waals surface area contributed by atoms with Gasteiger partial charge in [0.1, 0.15) is 17.5 Å². The van der Waals surface area contributed by atoms with Crippen molar-refractivity contribution in [3.05, 3.63) is 40.2 Å². The highest BCUT2D eigenvalue weighted by Crippen LogP contribution is 2.22. The van der Waals surface area contributed by atoms with Crippen molar-refractivity contribution in [2.24, 2.45) is 0 Å². The van der Waals surface area contributed by atoms with Gasteiger partial charge >= 0.3 is 5.97 Å². The third-order valence-corrected chi connectivity index (χ3v) is 2.23. The standard InChI is InChI=1S/C12H9ClFNO2/c1-2-17-12(16)8(7-15)6-9-10(13)4-3-5-11(9)14/h3-6H,2H2,1H3. The zero-order valence-electron chi connectivity index (χ0n) is 9.04. The van der Waals surface area contributed by atoms with E-state index in [1.807, 2.05) is 0 Å². The molecule has 3 nitrogen and oxygen atoms in total. The van der Waals surface area contributed by atoms with Gasteiger partial charge in [0.25, 0.3) is 0 Å². The molecule has 0 aliphatic rings. The van der Waals surface area contributed by atoms with Crippen LogP contribution >= 0.6 is 11.6 Å². The Hall–Kier alpha value is -1.86. The maximum atomic E-state index is 13.4. The molecule has 17 heavy (non-hydrogen) atoms. The number of benzene rings is 1. The van der Waals surface area contributed by atoms with E-state index in [0.29, 0.717) is 0 Å². The predicted octanol–water partition coefficient (Wildman–Crippen LogP) is 2.95. The summed E-state index contributed by atoms with van der Waals surface area (Å²) >= 11 is 5.77. The fourth-order valence-corrected chi connectivity index (χ4v) is 1.36. The molecule has 0 aliphatic heterocycles. The summed E-state index contributed by atoms with van der Waals surface area (Å²) in [6.45, 7) is 1.76. The molecule has 1 rings (SSSR count). The molecule has 0 aliphatic carbocycles. The molecular weight excluding hydrogens is 245 g/mol. The summed E-state index contributed by atoms with van der Waals surface area (Å²) in [6, 6.07) is 5.75. The summed E-state index contributed by atoms with van der Waals surface area (Å²) in [5.41, 5.74) is -0.294. The van der Waals surface area contributed by atoms with Crippen LogP contribution in [0.4, 0.5) is 4.39 Å². The minimum Gasteiger partial charge on any atom is -0.462 e. The first-order valence-electron chi connectivity index (χ1n) is 4.83. The van der Waals surface area contributed by atoms with Gasteiger partial charge in [-0.2, -0.15) is 5.26 Å². The highest BCUT2D eigenvalue weighted by Gasteiger charge is 2.12. The predicted molar refractivity (Wildman–Crippen MR) is 61.6 cm³/mol. The second-order valence-corrected chi connectivity index (χ2v) is 3.43. The third kappa shape index (κ3) is 3.30. The van der Waals surface area contributed by atoms with Crippen LogP contribution in [-0.4, -0.2) is 12.6 Å². The molecule has 1 aromatic rings. The van der Waals surface area contributed by atoms with Gasteiger partial charge in [0, 0.05) is 5.56 Å². The van der Waals surface area contributed by atoms with E-state index >= 15 is 0 Å². The number of hydrogen-bond acceptors (Lipinski definition) is 3. The van der Waals surface area contributed by atoms with Crippen molar-refractivity contribution in [1.82, 2.24) is 0 Å². The molecule has 0 fully saturated rings. The lowest BCUT2D eigenvalue weighted by Crippen LogP contribution is -2.06. The minimum atomic E-state index is -0.797. The normalized spacial score (nSPS) is 10.8. The van der Waals surface area contributed by atoms with Gasteiger partial charge in [0.2, 0.25) is 0 Å². The minimum absolute atomic E-state index is 0.00114. The topological polar surface area (TPSA) is 50.1 Å². The Balaban J connectivity index is 3.16. The lowest BCUT2D eigenvalue weighted by atomic mass is 10.1. The molecule has 0 saturated carbocycles. The lowest BCUT2D eigenvalue weighted by molar-refractivity contribution is -0.137. The van der Waals surface area contributed by atoms with E-state index in [4.69, 9.17) is 16.9 Å². The largest absolute Gasteiger partial charge is 0.462 e. The molecule has 88 valence electrons. The Morgan fingerprint density at radius 2 is 2.35 bits per heavy atom. The Kier molecular flexibility index (Phi) is 4.68.